The average molecular weight is 297 g/mol. The second-order valence-corrected chi connectivity index (χ2v) is 6.56. The lowest BCUT2D eigenvalue weighted by molar-refractivity contribution is -0.140. The number of nitrogens with zero attached hydrogens (tertiary/aromatic N) is 2. The van der Waals surface area contributed by atoms with E-state index in [0.717, 1.165) is 51.7 Å². The van der Waals surface area contributed by atoms with Crippen molar-refractivity contribution in [3.63, 3.8) is 0 Å². The molecule has 0 spiro atoms. The minimum Gasteiger partial charge on any atom is -0.375 e. The van der Waals surface area contributed by atoms with E-state index in [1.54, 1.807) is 0 Å². The van der Waals surface area contributed by atoms with Crippen LogP contribution in [0, 0.1) is 0 Å². The summed E-state index contributed by atoms with van der Waals surface area (Å²) in [4.78, 5) is 16.9. The monoisotopic (exact) mass is 297 g/mol. The van der Waals surface area contributed by atoms with E-state index >= 15 is 0 Å². The fourth-order valence-electron chi connectivity index (χ4n) is 3.46. The molecule has 1 heterocycles. The first kappa shape index (κ1) is 16.7. The zero-order valence-electron chi connectivity index (χ0n) is 13.6. The molecule has 0 bridgehead atoms. The number of ether oxygens (including phenoxy) is 1. The first-order valence-corrected chi connectivity index (χ1v) is 8.49. The van der Waals surface area contributed by atoms with Gasteiger partial charge in [0.1, 0.15) is 0 Å². The lowest BCUT2D eigenvalue weighted by Crippen LogP contribution is -2.51. The number of hydrogen-bond donors (Lipinski definition) is 1. The predicted molar refractivity (Wildman–Crippen MR) is 84.1 cm³/mol. The molecule has 1 aliphatic heterocycles. The van der Waals surface area contributed by atoms with Gasteiger partial charge in [0.2, 0.25) is 5.91 Å². The Morgan fingerprint density at radius 1 is 1.33 bits per heavy atom. The summed E-state index contributed by atoms with van der Waals surface area (Å²) in [7, 11) is 0. The van der Waals surface area contributed by atoms with Gasteiger partial charge in [0.25, 0.3) is 0 Å². The van der Waals surface area contributed by atoms with E-state index < -0.39 is 0 Å². The summed E-state index contributed by atoms with van der Waals surface area (Å²) in [6, 6.07) is 0.896. The molecular formula is C16H31N3O2. The smallest absolute Gasteiger partial charge is 0.236 e. The molecule has 2 aliphatic rings. The fraction of sp³-hybridized carbons (Fsp3) is 0.938. The zero-order valence-corrected chi connectivity index (χ0v) is 13.6. The molecule has 1 saturated carbocycles. The van der Waals surface area contributed by atoms with Gasteiger partial charge in [-0.05, 0) is 45.6 Å². The lowest BCUT2D eigenvalue weighted by Gasteiger charge is -2.38. The molecule has 5 nitrogen and oxygen atoms in total. The molecule has 1 aliphatic carbocycles. The molecule has 2 rings (SSSR count). The Labute approximate surface area is 128 Å². The Kier molecular flexibility index (Phi) is 6.45. The van der Waals surface area contributed by atoms with Gasteiger partial charge in [0.05, 0.1) is 19.3 Å². The Hall–Kier alpha value is -0.650. The molecule has 5 heteroatoms. The molecule has 0 aromatic rings. The van der Waals surface area contributed by atoms with E-state index in [0.29, 0.717) is 25.2 Å². The molecule has 0 aromatic heterocycles. The fourth-order valence-corrected chi connectivity index (χ4v) is 3.46. The maximum absolute atomic E-state index is 12.5. The molecule has 2 N–H and O–H groups in total. The van der Waals surface area contributed by atoms with Crippen LogP contribution in [0.25, 0.3) is 0 Å². The molecule has 2 fully saturated rings. The number of rotatable bonds is 5. The van der Waals surface area contributed by atoms with Crippen LogP contribution >= 0.6 is 0 Å². The highest BCUT2D eigenvalue weighted by atomic mass is 16.5. The molecule has 1 unspecified atom stereocenters. The van der Waals surface area contributed by atoms with Crippen molar-refractivity contribution in [1.29, 1.82) is 0 Å². The van der Waals surface area contributed by atoms with Crippen molar-refractivity contribution in [3.8, 4) is 0 Å². The summed E-state index contributed by atoms with van der Waals surface area (Å²) in [5.74, 6) is 0.258. The summed E-state index contributed by atoms with van der Waals surface area (Å²) >= 11 is 0. The Morgan fingerprint density at radius 3 is 2.67 bits per heavy atom. The summed E-state index contributed by atoms with van der Waals surface area (Å²) in [5.41, 5.74) is 6.00. The molecule has 1 saturated heterocycles. The summed E-state index contributed by atoms with van der Waals surface area (Å²) in [5, 5.41) is 0. The third-order valence-electron chi connectivity index (χ3n) is 4.70. The van der Waals surface area contributed by atoms with Crippen molar-refractivity contribution in [3.05, 3.63) is 0 Å². The van der Waals surface area contributed by atoms with Crippen LogP contribution in [0.3, 0.4) is 0 Å². The van der Waals surface area contributed by atoms with Gasteiger partial charge in [-0.1, -0.05) is 6.92 Å². The van der Waals surface area contributed by atoms with Gasteiger partial charge in [-0.25, -0.2) is 0 Å². The molecule has 122 valence electrons. The second-order valence-electron chi connectivity index (χ2n) is 6.56. The van der Waals surface area contributed by atoms with E-state index in [2.05, 4.69) is 11.8 Å². The van der Waals surface area contributed by atoms with Crippen molar-refractivity contribution in [2.75, 3.05) is 32.8 Å². The van der Waals surface area contributed by atoms with Gasteiger partial charge in [-0.2, -0.15) is 0 Å². The van der Waals surface area contributed by atoms with Crippen LogP contribution < -0.4 is 5.73 Å². The van der Waals surface area contributed by atoms with E-state index in [4.69, 9.17) is 10.5 Å². The van der Waals surface area contributed by atoms with Crippen molar-refractivity contribution in [2.45, 2.75) is 64.1 Å². The van der Waals surface area contributed by atoms with Crippen LogP contribution in [0.4, 0.5) is 0 Å². The third kappa shape index (κ3) is 4.94. The topological polar surface area (TPSA) is 58.8 Å². The summed E-state index contributed by atoms with van der Waals surface area (Å²) in [6.07, 6.45) is 5.70. The van der Waals surface area contributed by atoms with Crippen molar-refractivity contribution in [2.24, 2.45) is 5.73 Å². The molecule has 0 aromatic carbocycles. The number of amides is 1. The zero-order chi connectivity index (χ0) is 15.2. The van der Waals surface area contributed by atoms with Crippen molar-refractivity contribution < 1.29 is 9.53 Å². The highest BCUT2D eigenvalue weighted by Crippen LogP contribution is 2.22. The predicted octanol–water partition coefficient (Wildman–Crippen LogP) is 1.22. The minimum atomic E-state index is 0.162. The van der Waals surface area contributed by atoms with Gasteiger partial charge in [-0.3, -0.25) is 9.69 Å². The largest absolute Gasteiger partial charge is 0.375 e. The maximum Gasteiger partial charge on any atom is 0.236 e. The first-order valence-electron chi connectivity index (χ1n) is 8.49. The van der Waals surface area contributed by atoms with Crippen LogP contribution in [0.2, 0.25) is 0 Å². The number of hydrogen-bond acceptors (Lipinski definition) is 4. The van der Waals surface area contributed by atoms with Gasteiger partial charge in [-0.15, -0.1) is 0 Å². The highest BCUT2D eigenvalue weighted by Gasteiger charge is 2.28. The van der Waals surface area contributed by atoms with E-state index in [1.807, 2.05) is 11.8 Å². The molecule has 0 radical (unpaired) electrons. The first-order chi connectivity index (χ1) is 10.1. The van der Waals surface area contributed by atoms with Crippen LogP contribution in [-0.2, 0) is 9.53 Å². The van der Waals surface area contributed by atoms with Crippen LogP contribution in [0.15, 0.2) is 0 Å². The number of carbonyl (C=O) groups excluding carboxylic acids is 1. The van der Waals surface area contributed by atoms with Crippen LogP contribution in [0.5, 0.6) is 0 Å². The normalized spacial score (nSPS) is 30.7. The number of morpholine rings is 1. The molecular weight excluding hydrogens is 266 g/mol. The van der Waals surface area contributed by atoms with E-state index in [1.165, 1.54) is 0 Å². The maximum atomic E-state index is 12.5. The van der Waals surface area contributed by atoms with Gasteiger partial charge in [0, 0.05) is 25.2 Å². The van der Waals surface area contributed by atoms with Gasteiger partial charge < -0.3 is 15.4 Å². The van der Waals surface area contributed by atoms with Crippen molar-refractivity contribution in [1.82, 2.24) is 9.80 Å². The van der Waals surface area contributed by atoms with E-state index in [9.17, 15) is 4.79 Å². The number of carbonyl (C=O) groups is 1. The quantitative estimate of drug-likeness (QED) is 0.829. The highest BCUT2D eigenvalue weighted by molar-refractivity contribution is 5.78. The third-order valence-corrected chi connectivity index (χ3v) is 4.70. The Morgan fingerprint density at radius 2 is 2.05 bits per heavy atom. The van der Waals surface area contributed by atoms with Crippen molar-refractivity contribution >= 4 is 5.91 Å². The number of nitrogens with two attached hydrogens (primary N) is 1. The molecule has 1 amide bonds. The SMILES string of the molecule is CCCN(CC(=O)N1CCOC(C)C1)C1CCC(N)CC1. The van der Waals surface area contributed by atoms with Gasteiger partial charge >= 0.3 is 0 Å². The standard InChI is InChI=1S/C16H31N3O2/c1-3-8-18(15-6-4-14(17)5-7-15)12-16(20)19-9-10-21-13(2)11-19/h13-15H,3-12,17H2,1-2H3. The lowest BCUT2D eigenvalue weighted by atomic mass is 9.90. The van der Waals surface area contributed by atoms with Crippen LogP contribution in [0.1, 0.15) is 46.0 Å². The molecule has 1 atom stereocenters. The van der Waals surface area contributed by atoms with Gasteiger partial charge in [0.15, 0.2) is 0 Å². The second kappa shape index (κ2) is 8.11. The Bertz CT molecular complexity index is 329. The van der Waals surface area contributed by atoms with Crippen LogP contribution in [-0.4, -0.2) is 66.7 Å². The summed E-state index contributed by atoms with van der Waals surface area (Å²) in [6.45, 7) is 7.91. The van der Waals surface area contributed by atoms with E-state index in [-0.39, 0.29) is 12.0 Å². The minimum absolute atomic E-state index is 0.162. The molecule has 21 heavy (non-hydrogen) atoms. The average Bonchev–Trinajstić information content (AvgIpc) is 2.47. The summed E-state index contributed by atoms with van der Waals surface area (Å²) < 4.78 is 5.52. The Balaban J connectivity index is 1.87.